The highest BCUT2D eigenvalue weighted by molar-refractivity contribution is 6.31. The summed E-state index contributed by atoms with van der Waals surface area (Å²) in [4.78, 5) is 11.3. The lowest BCUT2D eigenvalue weighted by atomic mass is 10.1. The van der Waals surface area contributed by atoms with Crippen molar-refractivity contribution < 1.29 is 9.53 Å². The van der Waals surface area contributed by atoms with Crippen molar-refractivity contribution in [3.05, 3.63) is 52.5 Å². The van der Waals surface area contributed by atoms with Crippen LogP contribution in [-0.2, 0) is 17.8 Å². The molecule has 3 rings (SSSR count). The van der Waals surface area contributed by atoms with Crippen molar-refractivity contribution in [3.8, 4) is 5.75 Å². The molecule has 4 nitrogen and oxygen atoms in total. The summed E-state index contributed by atoms with van der Waals surface area (Å²) in [5.41, 5.74) is 9.01. The van der Waals surface area contributed by atoms with Crippen LogP contribution in [0.4, 0.5) is 11.4 Å². The molecule has 0 spiro atoms. The van der Waals surface area contributed by atoms with Crippen molar-refractivity contribution in [2.45, 2.75) is 13.0 Å². The van der Waals surface area contributed by atoms with Gasteiger partial charge >= 0.3 is 0 Å². The number of nitrogens with two attached hydrogens (primary N) is 1. The Morgan fingerprint density at radius 2 is 2.10 bits per heavy atom. The average Bonchev–Trinajstić information content (AvgIpc) is 2.76. The van der Waals surface area contributed by atoms with Crippen molar-refractivity contribution in [1.82, 2.24) is 0 Å². The van der Waals surface area contributed by atoms with Crippen LogP contribution in [0.5, 0.6) is 5.75 Å². The Hall–Kier alpha value is -2.20. The van der Waals surface area contributed by atoms with Gasteiger partial charge in [-0.3, -0.25) is 4.79 Å². The molecule has 1 heterocycles. The number of nitrogen functional groups attached to an aromatic ring is 1. The number of ether oxygens (including phenoxy) is 1. The molecule has 2 aromatic carbocycles. The van der Waals surface area contributed by atoms with Gasteiger partial charge in [0.1, 0.15) is 12.4 Å². The average molecular weight is 289 g/mol. The number of anilines is 2. The minimum absolute atomic E-state index is 0.0253. The summed E-state index contributed by atoms with van der Waals surface area (Å²) in [7, 11) is 0. The minimum Gasteiger partial charge on any atom is -0.487 e. The highest BCUT2D eigenvalue weighted by Crippen LogP contribution is 2.33. The monoisotopic (exact) mass is 288 g/mol. The molecule has 0 unspecified atom stereocenters. The summed E-state index contributed by atoms with van der Waals surface area (Å²) in [6.45, 7) is 0.330. The van der Waals surface area contributed by atoms with Gasteiger partial charge in [0.25, 0.3) is 0 Å². The van der Waals surface area contributed by atoms with E-state index in [1.54, 1.807) is 12.1 Å². The van der Waals surface area contributed by atoms with Gasteiger partial charge in [-0.1, -0.05) is 29.8 Å². The first kappa shape index (κ1) is 12.8. The van der Waals surface area contributed by atoms with E-state index in [-0.39, 0.29) is 5.91 Å². The molecule has 3 N–H and O–H groups in total. The van der Waals surface area contributed by atoms with Crippen LogP contribution in [-0.4, -0.2) is 5.91 Å². The smallest absolute Gasteiger partial charge is 0.228 e. The maximum absolute atomic E-state index is 11.3. The molecule has 0 saturated carbocycles. The van der Waals surface area contributed by atoms with E-state index in [1.165, 1.54) is 0 Å². The summed E-state index contributed by atoms with van der Waals surface area (Å²) in [5, 5.41) is 3.43. The minimum atomic E-state index is -0.0253. The predicted octanol–water partition coefficient (Wildman–Crippen LogP) is 3.00. The first-order valence-electron chi connectivity index (χ1n) is 6.22. The van der Waals surface area contributed by atoms with Gasteiger partial charge in [0.2, 0.25) is 5.91 Å². The number of carbonyl (C=O) groups is 1. The third-order valence-corrected chi connectivity index (χ3v) is 3.57. The molecule has 102 valence electrons. The maximum atomic E-state index is 11.3. The number of hydrogen-bond donors (Lipinski definition) is 2. The topological polar surface area (TPSA) is 64.3 Å². The van der Waals surface area contributed by atoms with Crippen molar-refractivity contribution in [2.24, 2.45) is 0 Å². The molecule has 1 aliphatic heterocycles. The first-order valence-corrected chi connectivity index (χ1v) is 6.60. The zero-order valence-corrected chi connectivity index (χ0v) is 11.4. The van der Waals surface area contributed by atoms with Gasteiger partial charge in [-0.25, -0.2) is 0 Å². The number of halogens is 1. The van der Waals surface area contributed by atoms with Crippen LogP contribution < -0.4 is 15.8 Å². The van der Waals surface area contributed by atoms with Gasteiger partial charge in [-0.05, 0) is 17.7 Å². The molecule has 5 heteroatoms. The summed E-state index contributed by atoms with van der Waals surface area (Å²) < 4.78 is 5.70. The Labute approximate surface area is 121 Å². The molecule has 0 radical (unpaired) electrons. The number of benzene rings is 2. The standard InChI is InChI=1S/C15H13ClN2O2/c16-11-4-2-1-3-9(11)8-20-14-7-13-10(5-12(14)17)6-15(19)18-13/h1-5,7H,6,8,17H2,(H,18,19). The highest BCUT2D eigenvalue weighted by atomic mass is 35.5. The lowest BCUT2D eigenvalue weighted by Crippen LogP contribution is -2.03. The number of nitrogens with one attached hydrogen (secondary N) is 1. The van der Waals surface area contributed by atoms with E-state index in [4.69, 9.17) is 22.1 Å². The molecule has 0 aliphatic carbocycles. The number of amides is 1. The van der Waals surface area contributed by atoms with Crippen molar-refractivity contribution in [3.63, 3.8) is 0 Å². The van der Waals surface area contributed by atoms with Gasteiger partial charge in [-0.15, -0.1) is 0 Å². The van der Waals surface area contributed by atoms with E-state index >= 15 is 0 Å². The molecule has 0 saturated heterocycles. The molecule has 0 bridgehead atoms. The third-order valence-electron chi connectivity index (χ3n) is 3.20. The van der Waals surface area contributed by atoms with E-state index in [0.717, 1.165) is 16.8 Å². The number of fused-ring (bicyclic) bond motifs is 1. The largest absolute Gasteiger partial charge is 0.487 e. The van der Waals surface area contributed by atoms with Gasteiger partial charge in [0.05, 0.1) is 12.1 Å². The molecular formula is C15H13ClN2O2. The van der Waals surface area contributed by atoms with Crippen LogP contribution >= 0.6 is 11.6 Å². The Balaban J connectivity index is 1.80. The van der Waals surface area contributed by atoms with Crippen molar-refractivity contribution in [2.75, 3.05) is 11.1 Å². The van der Waals surface area contributed by atoms with E-state index in [0.29, 0.717) is 29.5 Å². The fourth-order valence-electron chi connectivity index (χ4n) is 2.17. The van der Waals surface area contributed by atoms with Crippen molar-refractivity contribution in [1.29, 1.82) is 0 Å². The third kappa shape index (κ3) is 2.42. The summed E-state index contributed by atoms with van der Waals surface area (Å²) in [5.74, 6) is 0.522. The second kappa shape index (κ2) is 5.06. The molecule has 0 fully saturated rings. The van der Waals surface area contributed by atoms with Crippen LogP contribution in [0.2, 0.25) is 5.02 Å². The first-order chi connectivity index (χ1) is 9.63. The number of rotatable bonds is 3. The van der Waals surface area contributed by atoms with E-state index < -0.39 is 0 Å². The highest BCUT2D eigenvalue weighted by Gasteiger charge is 2.19. The van der Waals surface area contributed by atoms with Gasteiger partial charge in [-0.2, -0.15) is 0 Å². The maximum Gasteiger partial charge on any atom is 0.228 e. The normalized spacial score (nSPS) is 12.9. The molecule has 20 heavy (non-hydrogen) atoms. The Kier molecular flexibility index (Phi) is 3.24. The zero-order chi connectivity index (χ0) is 14.1. The molecule has 0 aromatic heterocycles. The fraction of sp³-hybridized carbons (Fsp3) is 0.133. The Bertz CT molecular complexity index is 686. The lowest BCUT2D eigenvalue weighted by Gasteiger charge is -2.11. The molecule has 1 aliphatic rings. The second-order valence-corrected chi connectivity index (χ2v) is 5.06. The van der Waals surface area contributed by atoms with E-state index in [2.05, 4.69) is 5.32 Å². The fourth-order valence-corrected chi connectivity index (χ4v) is 2.36. The van der Waals surface area contributed by atoms with Crippen LogP contribution in [0.1, 0.15) is 11.1 Å². The summed E-state index contributed by atoms with van der Waals surface area (Å²) in [6.07, 6.45) is 0.365. The Morgan fingerprint density at radius 1 is 1.30 bits per heavy atom. The van der Waals surface area contributed by atoms with E-state index in [9.17, 15) is 4.79 Å². The summed E-state index contributed by atoms with van der Waals surface area (Å²) in [6, 6.07) is 11.0. The van der Waals surface area contributed by atoms with Crippen LogP contribution in [0, 0.1) is 0 Å². The van der Waals surface area contributed by atoms with Gasteiger partial charge < -0.3 is 15.8 Å². The SMILES string of the molecule is Nc1cc2c(cc1OCc1ccccc1Cl)NC(=O)C2. The molecule has 2 aromatic rings. The van der Waals surface area contributed by atoms with Crippen LogP contribution in [0.25, 0.3) is 0 Å². The number of carbonyl (C=O) groups excluding carboxylic acids is 1. The zero-order valence-electron chi connectivity index (χ0n) is 10.7. The van der Waals surface area contributed by atoms with Crippen LogP contribution in [0.15, 0.2) is 36.4 Å². The van der Waals surface area contributed by atoms with Gasteiger partial charge in [0, 0.05) is 22.3 Å². The van der Waals surface area contributed by atoms with E-state index in [1.807, 2.05) is 24.3 Å². The molecular weight excluding hydrogens is 276 g/mol. The number of hydrogen-bond acceptors (Lipinski definition) is 3. The second-order valence-electron chi connectivity index (χ2n) is 4.65. The molecule has 0 atom stereocenters. The lowest BCUT2D eigenvalue weighted by molar-refractivity contribution is -0.115. The predicted molar refractivity (Wildman–Crippen MR) is 79.0 cm³/mol. The quantitative estimate of drug-likeness (QED) is 0.853. The van der Waals surface area contributed by atoms with Gasteiger partial charge in [0.15, 0.2) is 0 Å². The summed E-state index contributed by atoms with van der Waals surface area (Å²) >= 11 is 6.07. The Morgan fingerprint density at radius 3 is 2.90 bits per heavy atom. The van der Waals surface area contributed by atoms with Crippen LogP contribution in [0.3, 0.4) is 0 Å². The molecule has 1 amide bonds. The van der Waals surface area contributed by atoms with Crippen molar-refractivity contribution >= 4 is 28.9 Å².